The Balaban J connectivity index is 1.82. The Morgan fingerprint density at radius 1 is 1.53 bits per heavy atom. The molecule has 1 saturated carbocycles. The third-order valence-electron chi connectivity index (χ3n) is 3.94. The number of hydrogen-bond donors (Lipinski definition) is 1. The monoisotopic (exact) mass is 263 g/mol. The Hall–Kier alpha value is -1.36. The summed E-state index contributed by atoms with van der Waals surface area (Å²) in [5.74, 6) is 0.847. The molecule has 1 aromatic heterocycles. The van der Waals surface area contributed by atoms with Crippen molar-refractivity contribution < 1.29 is 4.74 Å². The van der Waals surface area contributed by atoms with Crippen molar-refractivity contribution in [2.75, 3.05) is 12.3 Å². The molecule has 0 bridgehead atoms. The summed E-state index contributed by atoms with van der Waals surface area (Å²) in [5.41, 5.74) is 6.83. The molecule has 1 aliphatic carbocycles. The Kier molecular flexibility index (Phi) is 2.89. The van der Waals surface area contributed by atoms with Crippen LogP contribution in [0.5, 0.6) is 0 Å². The van der Waals surface area contributed by atoms with Gasteiger partial charge in [-0.1, -0.05) is 0 Å². The third-order valence-corrected chi connectivity index (χ3v) is 3.94. The highest BCUT2D eigenvalue weighted by Crippen LogP contribution is 2.39. The molecule has 1 atom stereocenters. The van der Waals surface area contributed by atoms with Crippen molar-refractivity contribution in [2.24, 2.45) is 5.92 Å². The minimum absolute atomic E-state index is 0.0894. The fourth-order valence-corrected chi connectivity index (χ4v) is 2.80. The molecule has 2 N–H and O–H groups in total. The summed E-state index contributed by atoms with van der Waals surface area (Å²) in [6, 6.07) is 1.74. The van der Waals surface area contributed by atoms with Crippen molar-refractivity contribution in [1.82, 2.24) is 9.78 Å². The van der Waals surface area contributed by atoms with Crippen molar-refractivity contribution >= 4 is 5.69 Å². The van der Waals surface area contributed by atoms with Gasteiger partial charge in [0.05, 0.1) is 24.4 Å². The van der Waals surface area contributed by atoms with Crippen LogP contribution in [-0.2, 0) is 11.3 Å². The summed E-state index contributed by atoms with van der Waals surface area (Å²) < 4.78 is 7.25. The molecule has 104 valence electrons. The quantitative estimate of drug-likeness (QED) is 0.897. The van der Waals surface area contributed by atoms with Gasteiger partial charge in [-0.05, 0) is 39.2 Å². The molecule has 5 nitrogen and oxygen atoms in total. The van der Waals surface area contributed by atoms with Crippen LogP contribution in [0.1, 0.15) is 44.7 Å². The zero-order valence-corrected chi connectivity index (χ0v) is 11.6. The van der Waals surface area contributed by atoms with E-state index in [0.29, 0.717) is 30.7 Å². The first-order valence-corrected chi connectivity index (χ1v) is 6.96. The average Bonchev–Trinajstić information content (AvgIpc) is 3.11. The molecule has 19 heavy (non-hydrogen) atoms. The highest BCUT2D eigenvalue weighted by Gasteiger charge is 2.33. The minimum Gasteiger partial charge on any atom is -0.394 e. The van der Waals surface area contributed by atoms with E-state index in [4.69, 9.17) is 10.5 Å². The van der Waals surface area contributed by atoms with Crippen molar-refractivity contribution in [3.63, 3.8) is 0 Å². The molecule has 1 unspecified atom stereocenters. The second-order valence-electron chi connectivity index (χ2n) is 6.43. The van der Waals surface area contributed by atoms with Gasteiger partial charge in [-0.2, -0.15) is 5.10 Å². The molecule has 1 aliphatic heterocycles. The molecule has 0 aromatic carbocycles. The van der Waals surface area contributed by atoms with Crippen molar-refractivity contribution in [3.8, 4) is 0 Å². The van der Waals surface area contributed by atoms with Gasteiger partial charge in [0.1, 0.15) is 5.69 Å². The first-order valence-electron chi connectivity index (χ1n) is 6.96. The van der Waals surface area contributed by atoms with E-state index in [9.17, 15) is 4.79 Å². The van der Waals surface area contributed by atoms with Gasteiger partial charge >= 0.3 is 0 Å². The Labute approximate surface area is 112 Å². The summed E-state index contributed by atoms with van der Waals surface area (Å²) in [6.45, 7) is 5.46. The highest BCUT2D eigenvalue weighted by molar-refractivity contribution is 5.37. The maximum atomic E-state index is 12.0. The first-order chi connectivity index (χ1) is 8.94. The van der Waals surface area contributed by atoms with Gasteiger partial charge in [0.25, 0.3) is 5.56 Å². The molecule has 2 heterocycles. The second kappa shape index (κ2) is 4.34. The summed E-state index contributed by atoms with van der Waals surface area (Å²) in [5, 5.41) is 4.47. The SMILES string of the molecule is CC1(C)CC(Cn2nc(C3CC3)cc(N)c2=O)CO1. The van der Waals surface area contributed by atoms with Crippen LogP contribution in [-0.4, -0.2) is 22.0 Å². The van der Waals surface area contributed by atoms with E-state index in [1.165, 1.54) is 0 Å². The Bertz CT molecular complexity index is 546. The van der Waals surface area contributed by atoms with Gasteiger partial charge < -0.3 is 10.5 Å². The van der Waals surface area contributed by atoms with Gasteiger partial charge in [0, 0.05) is 11.8 Å². The number of rotatable bonds is 3. The predicted octanol–water partition coefficient (Wildman–Crippen LogP) is 1.52. The first kappa shape index (κ1) is 12.7. The molecule has 0 amide bonds. The summed E-state index contributed by atoms with van der Waals surface area (Å²) in [4.78, 5) is 12.0. The lowest BCUT2D eigenvalue weighted by atomic mass is 9.98. The summed E-state index contributed by atoms with van der Waals surface area (Å²) in [6.07, 6.45) is 3.27. The molecule has 5 heteroatoms. The highest BCUT2D eigenvalue weighted by atomic mass is 16.5. The van der Waals surface area contributed by atoms with Gasteiger partial charge in [-0.25, -0.2) is 4.68 Å². The fourth-order valence-electron chi connectivity index (χ4n) is 2.80. The topological polar surface area (TPSA) is 70.1 Å². The lowest BCUT2D eigenvalue weighted by Crippen LogP contribution is -2.29. The molecule has 1 aromatic rings. The number of nitrogens with two attached hydrogens (primary N) is 1. The molecule has 2 fully saturated rings. The number of ether oxygens (including phenoxy) is 1. The molecule has 1 saturated heterocycles. The smallest absolute Gasteiger partial charge is 0.289 e. The summed E-state index contributed by atoms with van der Waals surface area (Å²) >= 11 is 0. The zero-order valence-electron chi connectivity index (χ0n) is 11.6. The number of anilines is 1. The predicted molar refractivity (Wildman–Crippen MR) is 73.0 cm³/mol. The van der Waals surface area contributed by atoms with Crippen LogP contribution in [0.15, 0.2) is 10.9 Å². The van der Waals surface area contributed by atoms with Crippen molar-refractivity contribution in [1.29, 1.82) is 0 Å². The minimum atomic E-state index is -0.172. The number of nitrogens with zero attached hydrogens (tertiary/aromatic N) is 2. The van der Waals surface area contributed by atoms with E-state index in [-0.39, 0.29) is 11.2 Å². The molecule has 3 rings (SSSR count). The average molecular weight is 263 g/mol. The normalized spacial score (nSPS) is 25.7. The van der Waals surface area contributed by atoms with Gasteiger partial charge in [-0.15, -0.1) is 0 Å². The maximum Gasteiger partial charge on any atom is 0.289 e. The van der Waals surface area contributed by atoms with E-state index in [0.717, 1.165) is 25.0 Å². The van der Waals surface area contributed by atoms with Crippen LogP contribution in [0.2, 0.25) is 0 Å². The van der Waals surface area contributed by atoms with Crippen molar-refractivity contribution in [3.05, 3.63) is 22.1 Å². The third kappa shape index (κ3) is 2.66. The van der Waals surface area contributed by atoms with E-state index < -0.39 is 0 Å². The molecular weight excluding hydrogens is 242 g/mol. The van der Waals surface area contributed by atoms with Gasteiger partial charge in [0.2, 0.25) is 0 Å². The van der Waals surface area contributed by atoms with E-state index in [1.807, 2.05) is 0 Å². The second-order valence-corrected chi connectivity index (χ2v) is 6.43. The van der Waals surface area contributed by atoms with Crippen LogP contribution in [0.3, 0.4) is 0 Å². The maximum absolute atomic E-state index is 12.0. The van der Waals surface area contributed by atoms with Gasteiger partial charge in [-0.3, -0.25) is 4.79 Å². The molecule has 0 radical (unpaired) electrons. The molecule has 2 aliphatic rings. The summed E-state index contributed by atoms with van der Waals surface area (Å²) in [7, 11) is 0. The van der Waals surface area contributed by atoms with E-state index in [2.05, 4.69) is 18.9 Å². The Morgan fingerprint density at radius 2 is 2.26 bits per heavy atom. The largest absolute Gasteiger partial charge is 0.394 e. The Morgan fingerprint density at radius 3 is 2.84 bits per heavy atom. The van der Waals surface area contributed by atoms with Crippen LogP contribution < -0.4 is 11.3 Å². The molecule has 0 spiro atoms. The van der Waals surface area contributed by atoms with E-state index in [1.54, 1.807) is 10.7 Å². The number of hydrogen-bond acceptors (Lipinski definition) is 4. The van der Waals surface area contributed by atoms with Crippen molar-refractivity contribution in [2.45, 2.75) is 51.2 Å². The van der Waals surface area contributed by atoms with Crippen LogP contribution in [0.4, 0.5) is 5.69 Å². The lowest BCUT2D eigenvalue weighted by molar-refractivity contribution is 0.0346. The molecular formula is C14H21N3O2. The van der Waals surface area contributed by atoms with Gasteiger partial charge in [0.15, 0.2) is 0 Å². The zero-order chi connectivity index (χ0) is 13.6. The standard InChI is InChI=1S/C14H21N3O2/c1-14(2)6-9(8-19-14)7-17-13(18)11(15)5-12(16-17)10-3-4-10/h5,9-10H,3-4,6-8,15H2,1-2H3. The van der Waals surface area contributed by atoms with E-state index >= 15 is 0 Å². The van der Waals surface area contributed by atoms with Crippen LogP contribution in [0.25, 0.3) is 0 Å². The number of aromatic nitrogens is 2. The lowest BCUT2D eigenvalue weighted by Gasteiger charge is -2.16. The van der Waals surface area contributed by atoms with Crippen LogP contribution >= 0.6 is 0 Å². The fraction of sp³-hybridized carbons (Fsp3) is 0.714. The van der Waals surface area contributed by atoms with Crippen LogP contribution in [0, 0.1) is 5.92 Å². The number of nitrogen functional groups attached to an aromatic ring is 1.